The summed E-state index contributed by atoms with van der Waals surface area (Å²) in [5.41, 5.74) is 7.66. The monoisotopic (exact) mass is 288 g/mol. The minimum Gasteiger partial charge on any atom is -0.491 e. The van der Waals surface area contributed by atoms with Gasteiger partial charge in [-0.05, 0) is 49.7 Å². The summed E-state index contributed by atoms with van der Waals surface area (Å²) in [5.74, 6) is 2.52. The fourth-order valence-corrected chi connectivity index (χ4v) is 3.84. The van der Waals surface area contributed by atoms with E-state index >= 15 is 0 Å². The molecular weight excluding hydrogens is 260 g/mol. The predicted octanol–water partition coefficient (Wildman–Crippen LogP) is 3.43. The minimum atomic E-state index is 0.365. The Morgan fingerprint density at radius 1 is 1.29 bits per heavy atom. The van der Waals surface area contributed by atoms with Crippen molar-refractivity contribution in [3.63, 3.8) is 0 Å². The molecule has 116 valence electrons. The van der Waals surface area contributed by atoms with Crippen LogP contribution in [0, 0.1) is 11.8 Å². The zero-order valence-electron chi connectivity index (χ0n) is 13.1. The number of nitrogens with zero attached hydrogens (tertiary/aromatic N) is 1. The molecule has 0 spiro atoms. The molecule has 2 aliphatic rings. The molecule has 3 rings (SSSR count). The molecule has 3 unspecified atom stereocenters. The van der Waals surface area contributed by atoms with E-state index in [0.717, 1.165) is 37.8 Å². The third-order valence-corrected chi connectivity index (χ3v) is 5.22. The van der Waals surface area contributed by atoms with E-state index in [9.17, 15) is 0 Å². The molecule has 0 bridgehead atoms. The van der Waals surface area contributed by atoms with E-state index in [1.165, 1.54) is 31.4 Å². The van der Waals surface area contributed by atoms with Gasteiger partial charge in [-0.25, -0.2) is 0 Å². The summed E-state index contributed by atoms with van der Waals surface area (Å²) < 4.78 is 5.86. The highest BCUT2D eigenvalue weighted by Crippen LogP contribution is 2.35. The number of anilines is 1. The van der Waals surface area contributed by atoms with Gasteiger partial charge in [-0.2, -0.15) is 0 Å². The maximum Gasteiger partial charge on any atom is 0.142 e. The van der Waals surface area contributed by atoms with Gasteiger partial charge in [-0.15, -0.1) is 0 Å². The van der Waals surface area contributed by atoms with Crippen molar-refractivity contribution < 1.29 is 4.74 Å². The van der Waals surface area contributed by atoms with Crippen molar-refractivity contribution in [2.75, 3.05) is 24.6 Å². The molecule has 3 nitrogen and oxygen atoms in total. The average Bonchev–Trinajstić information content (AvgIpc) is 2.72. The SMILES string of the molecule is CCC1CCC(N)C(CN2CCCOc3ccccc32)C1. The summed E-state index contributed by atoms with van der Waals surface area (Å²) in [7, 11) is 0. The summed E-state index contributed by atoms with van der Waals surface area (Å²) in [6.45, 7) is 5.30. The molecule has 1 aromatic carbocycles. The van der Waals surface area contributed by atoms with Gasteiger partial charge in [0.25, 0.3) is 0 Å². The number of hydrogen-bond donors (Lipinski definition) is 1. The van der Waals surface area contributed by atoms with Crippen molar-refractivity contribution in [3.8, 4) is 5.75 Å². The Morgan fingerprint density at radius 3 is 3.00 bits per heavy atom. The molecule has 1 aliphatic heterocycles. The molecule has 1 fully saturated rings. The normalized spacial score (nSPS) is 29.4. The van der Waals surface area contributed by atoms with Gasteiger partial charge in [0.2, 0.25) is 0 Å². The summed E-state index contributed by atoms with van der Waals surface area (Å²) >= 11 is 0. The molecule has 0 amide bonds. The third-order valence-electron chi connectivity index (χ3n) is 5.22. The molecule has 1 heterocycles. The van der Waals surface area contributed by atoms with Gasteiger partial charge in [-0.3, -0.25) is 0 Å². The van der Waals surface area contributed by atoms with Crippen LogP contribution in [0.3, 0.4) is 0 Å². The number of para-hydroxylation sites is 2. The predicted molar refractivity (Wildman–Crippen MR) is 87.9 cm³/mol. The van der Waals surface area contributed by atoms with Crippen molar-refractivity contribution >= 4 is 5.69 Å². The second kappa shape index (κ2) is 6.69. The van der Waals surface area contributed by atoms with Gasteiger partial charge < -0.3 is 15.4 Å². The van der Waals surface area contributed by atoms with Crippen LogP contribution < -0.4 is 15.4 Å². The van der Waals surface area contributed by atoms with Crippen LogP contribution in [0.2, 0.25) is 0 Å². The highest BCUT2D eigenvalue weighted by atomic mass is 16.5. The van der Waals surface area contributed by atoms with Gasteiger partial charge in [-0.1, -0.05) is 25.5 Å². The van der Waals surface area contributed by atoms with Gasteiger partial charge in [0, 0.05) is 19.1 Å². The lowest BCUT2D eigenvalue weighted by Gasteiger charge is -2.37. The summed E-state index contributed by atoms with van der Waals surface area (Å²) in [4.78, 5) is 2.50. The molecule has 1 aromatic rings. The van der Waals surface area contributed by atoms with E-state index in [1.807, 2.05) is 0 Å². The Kier molecular flexibility index (Phi) is 4.69. The van der Waals surface area contributed by atoms with E-state index in [-0.39, 0.29) is 0 Å². The van der Waals surface area contributed by atoms with Crippen molar-refractivity contribution in [2.24, 2.45) is 17.6 Å². The summed E-state index contributed by atoms with van der Waals surface area (Å²) in [6, 6.07) is 8.80. The van der Waals surface area contributed by atoms with Gasteiger partial charge in [0.05, 0.1) is 12.3 Å². The fourth-order valence-electron chi connectivity index (χ4n) is 3.84. The van der Waals surface area contributed by atoms with Crippen LogP contribution in [0.5, 0.6) is 5.75 Å². The first-order chi connectivity index (χ1) is 10.3. The Bertz CT molecular complexity index is 462. The zero-order valence-corrected chi connectivity index (χ0v) is 13.1. The van der Waals surface area contributed by atoms with E-state index in [2.05, 4.69) is 36.1 Å². The van der Waals surface area contributed by atoms with Crippen molar-refractivity contribution in [1.29, 1.82) is 0 Å². The lowest BCUT2D eigenvalue weighted by atomic mass is 9.77. The van der Waals surface area contributed by atoms with Crippen LogP contribution >= 0.6 is 0 Å². The number of benzene rings is 1. The number of ether oxygens (including phenoxy) is 1. The van der Waals surface area contributed by atoms with Crippen LogP contribution in [-0.2, 0) is 0 Å². The minimum absolute atomic E-state index is 0.365. The highest BCUT2D eigenvalue weighted by molar-refractivity contribution is 5.59. The van der Waals surface area contributed by atoms with Crippen molar-refractivity contribution in [3.05, 3.63) is 24.3 Å². The van der Waals surface area contributed by atoms with Crippen LogP contribution in [-0.4, -0.2) is 25.7 Å². The Morgan fingerprint density at radius 2 is 2.14 bits per heavy atom. The standard InChI is InChI=1S/C18H28N2O/c1-2-14-8-9-16(19)15(12-14)13-20-10-5-11-21-18-7-4-3-6-17(18)20/h3-4,6-7,14-16H,2,5,8-13,19H2,1H3. The van der Waals surface area contributed by atoms with Crippen molar-refractivity contribution in [2.45, 2.75) is 45.1 Å². The quantitative estimate of drug-likeness (QED) is 0.926. The first kappa shape index (κ1) is 14.7. The number of nitrogens with two attached hydrogens (primary N) is 1. The molecule has 0 radical (unpaired) electrons. The first-order valence-corrected chi connectivity index (χ1v) is 8.50. The third kappa shape index (κ3) is 3.34. The Labute approximate surface area is 128 Å². The van der Waals surface area contributed by atoms with E-state index in [0.29, 0.717) is 12.0 Å². The molecule has 0 aromatic heterocycles. The summed E-state index contributed by atoms with van der Waals surface area (Å²) in [5, 5.41) is 0. The Hall–Kier alpha value is -1.22. The second-order valence-corrected chi connectivity index (χ2v) is 6.63. The van der Waals surface area contributed by atoms with Gasteiger partial charge in [0.1, 0.15) is 5.75 Å². The molecule has 0 saturated heterocycles. The fraction of sp³-hybridized carbons (Fsp3) is 0.667. The number of rotatable bonds is 3. The smallest absolute Gasteiger partial charge is 0.142 e. The maximum atomic E-state index is 6.41. The molecule has 1 saturated carbocycles. The largest absolute Gasteiger partial charge is 0.491 e. The molecule has 1 aliphatic carbocycles. The number of hydrogen-bond acceptors (Lipinski definition) is 3. The molecule has 2 N–H and O–H groups in total. The average molecular weight is 288 g/mol. The van der Waals surface area contributed by atoms with Crippen LogP contribution in [0.15, 0.2) is 24.3 Å². The van der Waals surface area contributed by atoms with Crippen LogP contribution in [0.1, 0.15) is 39.0 Å². The first-order valence-electron chi connectivity index (χ1n) is 8.50. The molecular formula is C18H28N2O. The lowest BCUT2D eigenvalue weighted by Crippen LogP contribution is -2.43. The van der Waals surface area contributed by atoms with Gasteiger partial charge >= 0.3 is 0 Å². The zero-order chi connectivity index (χ0) is 14.7. The van der Waals surface area contributed by atoms with Crippen LogP contribution in [0.25, 0.3) is 0 Å². The maximum absolute atomic E-state index is 6.41. The Balaban J connectivity index is 1.74. The lowest BCUT2D eigenvalue weighted by molar-refractivity contribution is 0.230. The highest BCUT2D eigenvalue weighted by Gasteiger charge is 2.29. The summed E-state index contributed by atoms with van der Waals surface area (Å²) in [6.07, 6.45) is 6.18. The second-order valence-electron chi connectivity index (χ2n) is 6.63. The number of fused-ring (bicyclic) bond motifs is 1. The molecule has 3 atom stereocenters. The van der Waals surface area contributed by atoms with Crippen molar-refractivity contribution in [1.82, 2.24) is 0 Å². The van der Waals surface area contributed by atoms with Gasteiger partial charge in [0.15, 0.2) is 0 Å². The van der Waals surface area contributed by atoms with E-state index in [1.54, 1.807) is 0 Å². The molecule has 3 heteroatoms. The topological polar surface area (TPSA) is 38.5 Å². The molecule has 21 heavy (non-hydrogen) atoms. The van der Waals surface area contributed by atoms with E-state index < -0.39 is 0 Å². The van der Waals surface area contributed by atoms with Crippen LogP contribution in [0.4, 0.5) is 5.69 Å². The van der Waals surface area contributed by atoms with E-state index in [4.69, 9.17) is 10.5 Å².